The number of aliphatic hydroxyl groups is 1. The number of fused-ring (bicyclic) bond motifs is 3. The zero-order valence-electron chi connectivity index (χ0n) is 18.9. The number of aliphatic hydroxyl groups excluding tert-OH is 1. The Morgan fingerprint density at radius 3 is 2.03 bits per heavy atom. The van der Waals surface area contributed by atoms with Crippen molar-refractivity contribution in [1.82, 2.24) is 10.6 Å². The van der Waals surface area contributed by atoms with Crippen molar-refractivity contribution in [2.24, 2.45) is 0 Å². The van der Waals surface area contributed by atoms with Gasteiger partial charge in [-0.25, -0.2) is 9.59 Å². The van der Waals surface area contributed by atoms with Crippen molar-refractivity contribution in [1.29, 1.82) is 0 Å². The summed E-state index contributed by atoms with van der Waals surface area (Å²) < 4.78 is 5.56. The summed E-state index contributed by atoms with van der Waals surface area (Å²) in [4.78, 5) is 35.3. The first-order chi connectivity index (χ1) is 16.9. The zero-order valence-corrected chi connectivity index (χ0v) is 18.9. The van der Waals surface area contributed by atoms with Gasteiger partial charge in [-0.1, -0.05) is 72.8 Å². The summed E-state index contributed by atoms with van der Waals surface area (Å²) in [5.74, 6) is -1.87. The summed E-state index contributed by atoms with van der Waals surface area (Å²) in [7, 11) is 0. The quantitative estimate of drug-likeness (QED) is 0.378. The molecule has 3 aromatic carbocycles. The molecule has 8 nitrogen and oxygen atoms in total. The highest BCUT2D eigenvalue weighted by Crippen LogP contribution is 2.44. The third-order valence-corrected chi connectivity index (χ3v) is 6.01. The van der Waals surface area contributed by atoms with E-state index in [1.807, 2.05) is 24.3 Å². The Kier molecular flexibility index (Phi) is 7.42. The van der Waals surface area contributed by atoms with Gasteiger partial charge in [0.2, 0.25) is 5.91 Å². The average molecular weight is 475 g/mol. The molecular weight excluding hydrogens is 448 g/mol. The molecule has 8 heteroatoms. The number of hydrogen-bond donors (Lipinski definition) is 4. The smallest absolute Gasteiger partial charge is 0.407 e. The van der Waals surface area contributed by atoms with Gasteiger partial charge < -0.3 is 25.6 Å². The number of alkyl carbamates (subject to hydrolysis) is 1. The van der Waals surface area contributed by atoms with Gasteiger partial charge in [0.15, 0.2) is 6.10 Å². The number of carbonyl (C=O) groups excluding carboxylic acids is 2. The normalized spacial score (nSPS) is 12.8. The van der Waals surface area contributed by atoms with E-state index in [9.17, 15) is 19.5 Å². The average Bonchev–Trinajstić information content (AvgIpc) is 3.19. The molecule has 1 aliphatic rings. The number of amides is 2. The van der Waals surface area contributed by atoms with E-state index < -0.39 is 24.1 Å². The van der Waals surface area contributed by atoms with Crippen molar-refractivity contribution in [3.05, 3.63) is 95.1 Å². The summed E-state index contributed by atoms with van der Waals surface area (Å²) in [6.07, 6.45) is -2.24. The highest BCUT2D eigenvalue weighted by molar-refractivity contribution is 5.81. The fraction of sp³-hybridized carbons (Fsp3) is 0.222. The molecule has 0 saturated heterocycles. The highest BCUT2D eigenvalue weighted by atomic mass is 16.5. The maximum absolute atomic E-state index is 12.5. The van der Waals surface area contributed by atoms with Crippen molar-refractivity contribution >= 4 is 18.0 Å². The largest absolute Gasteiger partial charge is 0.479 e. The number of ether oxygens (including phenoxy) is 1. The molecule has 3 aromatic rings. The van der Waals surface area contributed by atoms with Gasteiger partial charge in [0.1, 0.15) is 6.61 Å². The van der Waals surface area contributed by atoms with E-state index in [0.717, 1.165) is 27.8 Å². The number of nitrogens with one attached hydrogen (secondary N) is 2. The highest BCUT2D eigenvalue weighted by Gasteiger charge is 2.29. The summed E-state index contributed by atoms with van der Waals surface area (Å²) in [5.41, 5.74) is 5.97. The van der Waals surface area contributed by atoms with Crippen LogP contribution in [0.25, 0.3) is 11.1 Å². The molecule has 0 bridgehead atoms. The molecule has 0 heterocycles. The predicted octanol–water partition coefficient (Wildman–Crippen LogP) is 2.83. The number of rotatable bonds is 9. The fourth-order valence-corrected chi connectivity index (χ4v) is 4.25. The van der Waals surface area contributed by atoms with E-state index in [-0.39, 0.29) is 32.0 Å². The number of hydrogen-bond acceptors (Lipinski definition) is 5. The second kappa shape index (κ2) is 10.8. The van der Waals surface area contributed by atoms with Crippen LogP contribution in [-0.4, -0.2) is 47.4 Å². The first-order valence-corrected chi connectivity index (χ1v) is 11.3. The van der Waals surface area contributed by atoms with Crippen LogP contribution < -0.4 is 10.6 Å². The minimum Gasteiger partial charge on any atom is -0.479 e. The van der Waals surface area contributed by atoms with Crippen molar-refractivity contribution < 1.29 is 29.3 Å². The first-order valence-electron chi connectivity index (χ1n) is 11.3. The first kappa shape index (κ1) is 24.0. The van der Waals surface area contributed by atoms with Gasteiger partial charge in [-0.3, -0.25) is 4.79 Å². The Bertz CT molecular complexity index is 1200. The Hall–Kier alpha value is -4.17. The van der Waals surface area contributed by atoms with E-state index in [4.69, 9.17) is 9.84 Å². The Labute approximate surface area is 202 Å². The molecule has 180 valence electrons. The van der Waals surface area contributed by atoms with Gasteiger partial charge in [0.05, 0.1) is 13.0 Å². The fourth-order valence-electron chi connectivity index (χ4n) is 4.25. The lowest BCUT2D eigenvalue weighted by Crippen LogP contribution is -2.37. The predicted molar refractivity (Wildman–Crippen MR) is 129 cm³/mol. The molecule has 1 atom stereocenters. The summed E-state index contributed by atoms with van der Waals surface area (Å²) in [6.45, 7) is -0.0119. The SMILES string of the molecule is O=C(Cc1ccccc1CNC(=O)OCC1c2ccccc2-c2ccccc21)NC[C@H](O)C(=O)O. The van der Waals surface area contributed by atoms with Crippen molar-refractivity contribution in [2.75, 3.05) is 13.2 Å². The van der Waals surface area contributed by atoms with E-state index in [2.05, 4.69) is 34.9 Å². The molecule has 0 radical (unpaired) electrons. The lowest BCUT2D eigenvalue weighted by molar-refractivity contribution is -0.146. The minimum atomic E-state index is -1.66. The molecule has 0 saturated carbocycles. The van der Waals surface area contributed by atoms with Crippen LogP contribution in [0.2, 0.25) is 0 Å². The van der Waals surface area contributed by atoms with Gasteiger partial charge in [-0.15, -0.1) is 0 Å². The van der Waals surface area contributed by atoms with Crippen LogP contribution in [-0.2, 0) is 27.3 Å². The topological polar surface area (TPSA) is 125 Å². The molecule has 4 N–H and O–H groups in total. The molecular formula is C27H26N2O6. The number of aliphatic carboxylic acids is 1. The van der Waals surface area contributed by atoms with Gasteiger partial charge in [0, 0.05) is 12.5 Å². The number of carboxylic acids is 1. The van der Waals surface area contributed by atoms with Crippen LogP contribution in [0.5, 0.6) is 0 Å². The maximum Gasteiger partial charge on any atom is 0.407 e. The minimum absolute atomic E-state index is 0.0190. The summed E-state index contributed by atoms with van der Waals surface area (Å²) >= 11 is 0. The Morgan fingerprint density at radius 2 is 1.40 bits per heavy atom. The van der Waals surface area contributed by atoms with Crippen LogP contribution in [0.15, 0.2) is 72.8 Å². The summed E-state index contributed by atoms with van der Waals surface area (Å²) in [5, 5.41) is 23.1. The van der Waals surface area contributed by atoms with E-state index in [0.29, 0.717) is 5.56 Å². The van der Waals surface area contributed by atoms with Gasteiger partial charge in [0.25, 0.3) is 0 Å². The van der Waals surface area contributed by atoms with Crippen LogP contribution in [0, 0.1) is 0 Å². The van der Waals surface area contributed by atoms with E-state index >= 15 is 0 Å². The number of carboxylic acid groups (broad SMARTS) is 1. The molecule has 2 amide bonds. The lowest BCUT2D eigenvalue weighted by atomic mass is 9.98. The molecule has 35 heavy (non-hydrogen) atoms. The molecule has 0 aliphatic heterocycles. The monoisotopic (exact) mass is 474 g/mol. The molecule has 4 rings (SSSR count). The van der Waals surface area contributed by atoms with Gasteiger partial charge in [-0.05, 0) is 33.4 Å². The second-order valence-corrected chi connectivity index (χ2v) is 8.28. The van der Waals surface area contributed by atoms with Crippen LogP contribution >= 0.6 is 0 Å². The zero-order chi connectivity index (χ0) is 24.8. The number of benzene rings is 3. The maximum atomic E-state index is 12.5. The van der Waals surface area contributed by atoms with Crippen molar-refractivity contribution in [3.63, 3.8) is 0 Å². The van der Waals surface area contributed by atoms with Crippen LogP contribution in [0.1, 0.15) is 28.2 Å². The van der Waals surface area contributed by atoms with E-state index in [1.165, 1.54) is 0 Å². The van der Waals surface area contributed by atoms with Crippen LogP contribution in [0.4, 0.5) is 4.79 Å². The van der Waals surface area contributed by atoms with Crippen molar-refractivity contribution in [3.8, 4) is 11.1 Å². The number of carbonyl (C=O) groups is 3. The second-order valence-electron chi connectivity index (χ2n) is 8.28. The Morgan fingerprint density at radius 1 is 0.829 bits per heavy atom. The molecule has 0 fully saturated rings. The lowest BCUT2D eigenvalue weighted by Gasteiger charge is -2.15. The molecule has 1 aliphatic carbocycles. The van der Waals surface area contributed by atoms with E-state index in [1.54, 1.807) is 24.3 Å². The van der Waals surface area contributed by atoms with Crippen LogP contribution in [0.3, 0.4) is 0 Å². The van der Waals surface area contributed by atoms with Gasteiger partial charge >= 0.3 is 12.1 Å². The standard InChI is InChI=1S/C27H26N2O6/c30-24(26(32)33)15-28-25(31)13-17-7-1-2-8-18(17)14-29-27(34)35-16-23-21-11-5-3-9-19(21)20-10-4-6-12-22(20)23/h1-12,23-24,30H,13-16H2,(H,28,31)(H,29,34)(H,32,33)/t24-/m0/s1. The van der Waals surface area contributed by atoms with Gasteiger partial charge in [-0.2, -0.15) is 0 Å². The molecule has 0 aromatic heterocycles. The third-order valence-electron chi connectivity index (χ3n) is 6.01. The van der Waals surface area contributed by atoms with Crippen molar-refractivity contribution in [2.45, 2.75) is 25.0 Å². The Balaban J connectivity index is 1.32. The molecule has 0 unspecified atom stereocenters. The summed E-state index contributed by atoms with van der Waals surface area (Å²) in [6, 6.07) is 23.3. The third kappa shape index (κ3) is 5.67. The molecule has 0 spiro atoms.